The van der Waals surface area contributed by atoms with Crippen LogP contribution in [0.1, 0.15) is 210 Å². The van der Waals surface area contributed by atoms with E-state index in [4.69, 9.17) is 33.2 Å². The zero-order valence-electron chi connectivity index (χ0n) is 46.1. The molecular formula is C55H99NO17. The smallest absolute Gasteiger partial charge is 0.309 e. The Labute approximate surface area is 437 Å². The molecule has 1 amide bonds. The zero-order chi connectivity index (χ0) is 54.5. The van der Waals surface area contributed by atoms with Crippen molar-refractivity contribution in [2.75, 3.05) is 13.2 Å². The van der Waals surface area contributed by atoms with E-state index >= 15 is 0 Å². The molecular weight excluding hydrogens is 947 g/mol. The Balaban J connectivity index is 2.29. The summed E-state index contributed by atoms with van der Waals surface area (Å²) >= 11 is 0. The van der Waals surface area contributed by atoms with Gasteiger partial charge in [0.2, 0.25) is 5.91 Å². The van der Waals surface area contributed by atoms with Gasteiger partial charge in [-0.15, -0.1) is 0 Å². The van der Waals surface area contributed by atoms with E-state index in [0.29, 0.717) is 44.9 Å². The fourth-order valence-electron chi connectivity index (χ4n) is 9.55. The van der Waals surface area contributed by atoms with Crippen LogP contribution in [0.15, 0.2) is 0 Å². The summed E-state index contributed by atoms with van der Waals surface area (Å²) in [6, 6.07) is -0.514. The number of ether oxygens (including phenoxy) is 7. The van der Waals surface area contributed by atoms with E-state index < -0.39 is 116 Å². The van der Waals surface area contributed by atoms with E-state index in [2.05, 4.69) is 26.1 Å². The lowest BCUT2D eigenvalue weighted by Crippen LogP contribution is -2.63. The minimum Gasteiger partial charge on any atom is -0.462 e. The molecule has 2 heterocycles. The van der Waals surface area contributed by atoms with Crippen LogP contribution in [-0.2, 0) is 57.1 Å². The van der Waals surface area contributed by atoms with Gasteiger partial charge in [-0.3, -0.25) is 24.0 Å². The van der Waals surface area contributed by atoms with Gasteiger partial charge in [-0.25, -0.2) is 0 Å². The lowest BCUT2D eigenvalue weighted by Gasteiger charge is -2.46. The summed E-state index contributed by atoms with van der Waals surface area (Å²) in [5.41, 5.74) is 0. The minimum absolute atomic E-state index is 0.157. The van der Waals surface area contributed by atoms with Crippen molar-refractivity contribution in [3.8, 4) is 0 Å². The largest absolute Gasteiger partial charge is 0.462 e. The molecule has 0 spiro atoms. The fraction of sp³-hybridized carbons (Fsp3) is 0.909. The fourth-order valence-corrected chi connectivity index (χ4v) is 9.55. The third-order valence-electron chi connectivity index (χ3n) is 14.0. The Bertz CT molecular complexity index is 1550. The molecule has 18 nitrogen and oxygen atoms in total. The van der Waals surface area contributed by atoms with Gasteiger partial charge in [-0.2, -0.15) is 0 Å². The number of esters is 3. The minimum atomic E-state index is -1.61. The average Bonchev–Trinajstić information content (AvgIpc) is 3.33. The monoisotopic (exact) mass is 1050 g/mol. The normalized spacial score (nSPS) is 26.3. The molecule has 18 heteroatoms. The molecule has 2 fully saturated rings. The predicted octanol–water partition coefficient (Wildman–Crippen LogP) is 7.06. The van der Waals surface area contributed by atoms with E-state index in [1.165, 1.54) is 6.92 Å². The third kappa shape index (κ3) is 25.7. The Kier molecular flexibility index (Phi) is 33.6. The molecule has 0 radical (unpaired) electrons. The van der Waals surface area contributed by atoms with Crippen molar-refractivity contribution in [2.24, 2.45) is 17.8 Å². The molecule has 0 aromatic rings. The Morgan fingerprint density at radius 1 is 0.575 bits per heavy atom. The van der Waals surface area contributed by atoms with Crippen molar-refractivity contribution < 1.29 is 82.7 Å². The van der Waals surface area contributed by atoms with Gasteiger partial charge in [-0.1, -0.05) is 125 Å². The second kappa shape index (κ2) is 37.0. The number of aliphatic hydroxyl groups excluding tert-OH is 5. The van der Waals surface area contributed by atoms with Gasteiger partial charge in [0, 0.05) is 25.7 Å². The molecule has 0 bridgehead atoms. The number of amides is 1. The summed E-state index contributed by atoms with van der Waals surface area (Å²) in [7, 11) is 0. The van der Waals surface area contributed by atoms with E-state index in [-0.39, 0.29) is 49.9 Å². The molecule has 15 unspecified atom stereocenters. The van der Waals surface area contributed by atoms with Crippen LogP contribution in [0.5, 0.6) is 0 Å². The van der Waals surface area contributed by atoms with Crippen molar-refractivity contribution >= 4 is 29.6 Å². The van der Waals surface area contributed by atoms with Gasteiger partial charge in [0.1, 0.15) is 48.5 Å². The first-order chi connectivity index (χ1) is 34.8. The first-order valence-corrected chi connectivity index (χ1v) is 28.0. The summed E-state index contributed by atoms with van der Waals surface area (Å²) in [6.07, 6.45) is 1.13. The maximum Gasteiger partial charge on any atom is 0.309 e. The van der Waals surface area contributed by atoms with Crippen molar-refractivity contribution in [2.45, 2.75) is 290 Å². The van der Waals surface area contributed by atoms with Crippen molar-refractivity contribution in [3.05, 3.63) is 0 Å². The molecule has 0 aliphatic carbocycles. The molecule has 426 valence electrons. The Morgan fingerprint density at radius 2 is 1.05 bits per heavy atom. The van der Waals surface area contributed by atoms with Gasteiger partial charge in [0.15, 0.2) is 12.6 Å². The van der Waals surface area contributed by atoms with Crippen molar-refractivity contribution in [3.63, 3.8) is 0 Å². The standard InChI is InChI=1S/C55H99NO17/c1-10-13-16-19-22-25-43(30-42(60)29-40(33-57)53(66)56-41(34-58)28-35(4)5)70-46(61)31-44(26-23-20-17-14-11-2)71-47(62)32-45(27-24-21-18-15-12-3)72-54-50(65)52(48(63)38(8)68-54)73-55-49(64)51(69-39(9)59)36(6)37(7)67-55/h35-38,40-41,43-45,48-52,54-55,57-58,63-65H,10-34H2,1-9H3,(H,56,66). The lowest BCUT2D eigenvalue weighted by molar-refractivity contribution is -0.354. The number of carbonyl (C=O) groups excluding carboxylic acids is 5. The van der Waals surface area contributed by atoms with E-state index in [0.717, 1.165) is 77.0 Å². The maximum atomic E-state index is 14.0. The van der Waals surface area contributed by atoms with E-state index in [9.17, 15) is 49.5 Å². The van der Waals surface area contributed by atoms with Gasteiger partial charge in [0.05, 0.1) is 56.3 Å². The molecule has 0 aromatic heterocycles. The van der Waals surface area contributed by atoms with Crippen LogP contribution in [0.2, 0.25) is 0 Å². The van der Waals surface area contributed by atoms with Crippen LogP contribution in [0.4, 0.5) is 0 Å². The number of hydrogen-bond donors (Lipinski definition) is 6. The molecule has 0 saturated carbocycles. The molecule has 2 aliphatic heterocycles. The molecule has 2 rings (SSSR count). The number of Topliss-reactive ketones (excluding diaryl/α,β-unsaturated/α-hetero) is 1. The quantitative estimate of drug-likeness (QED) is 0.0204. The number of carbonyl (C=O) groups is 5. The van der Waals surface area contributed by atoms with Crippen molar-refractivity contribution in [1.29, 1.82) is 0 Å². The van der Waals surface area contributed by atoms with E-state index in [1.54, 1.807) is 20.8 Å². The lowest BCUT2D eigenvalue weighted by atomic mass is 9.91. The number of hydrogen-bond acceptors (Lipinski definition) is 17. The van der Waals surface area contributed by atoms with Gasteiger partial charge < -0.3 is 64.0 Å². The third-order valence-corrected chi connectivity index (χ3v) is 14.0. The number of nitrogens with one attached hydrogen (secondary N) is 1. The average molecular weight is 1050 g/mol. The molecule has 73 heavy (non-hydrogen) atoms. The van der Waals surface area contributed by atoms with Gasteiger partial charge in [0.25, 0.3) is 0 Å². The second-order valence-electron chi connectivity index (χ2n) is 21.3. The van der Waals surface area contributed by atoms with Crippen LogP contribution in [0.25, 0.3) is 0 Å². The second-order valence-corrected chi connectivity index (χ2v) is 21.3. The molecule has 0 aromatic carbocycles. The summed E-state index contributed by atoms with van der Waals surface area (Å²) in [5, 5.41) is 56.7. The molecule has 2 saturated heterocycles. The van der Waals surface area contributed by atoms with Crippen LogP contribution >= 0.6 is 0 Å². The summed E-state index contributed by atoms with van der Waals surface area (Å²) in [4.78, 5) is 66.3. The molecule has 2 aliphatic rings. The van der Waals surface area contributed by atoms with Gasteiger partial charge >= 0.3 is 17.9 Å². The topological polar surface area (TPSA) is 263 Å². The van der Waals surface area contributed by atoms with E-state index in [1.807, 2.05) is 13.8 Å². The van der Waals surface area contributed by atoms with Crippen LogP contribution in [0.3, 0.4) is 0 Å². The maximum absolute atomic E-state index is 14.0. The highest BCUT2D eigenvalue weighted by Crippen LogP contribution is 2.34. The SMILES string of the molecule is CCCCCCCC(CC(=O)CC(CO)C(=O)NC(CO)CC(C)C)OC(=O)CC(CCCCCCC)OC(=O)CC(CCCCCCC)OC1OC(C)C(O)C(OC2OC(C)C(C)C(OC(C)=O)C2O)C1O. The van der Waals surface area contributed by atoms with Gasteiger partial charge in [-0.05, 0) is 58.3 Å². The molecule has 15 atom stereocenters. The number of aliphatic hydroxyl groups is 5. The van der Waals surface area contributed by atoms with Crippen LogP contribution in [-0.4, -0.2) is 148 Å². The number of unbranched alkanes of at least 4 members (excludes halogenated alkanes) is 12. The zero-order valence-corrected chi connectivity index (χ0v) is 46.1. The van der Waals surface area contributed by atoms with Crippen LogP contribution < -0.4 is 5.32 Å². The highest BCUT2D eigenvalue weighted by Gasteiger charge is 2.50. The van der Waals surface area contributed by atoms with Crippen molar-refractivity contribution in [1.82, 2.24) is 5.32 Å². The van der Waals surface area contributed by atoms with Crippen LogP contribution in [0, 0.1) is 17.8 Å². The summed E-state index contributed by atoms with van der Waals surface area (Å²) < 4.78 is 41.8. The summed E-state index contributed by atoms with van der Waals surface area (Å²) in [5.74, 6) is -3.97. The Morgan fingerprint density at radius 3 is 1.55 bits per heavy atom. The highest BCUT2D eigenvalue weighted by molar-refractivity contribution is 5.87. The molecule has 6 N–H and O–H groups in total. The Hall–Kier alpha value is -2.81. The number of ketones is 1. The highest BCUT2D eigenvalue weighted by atomic mass is 16.7. The predicted molar refractivity (Wildman–Crippen MR) is 274 cm³/mol. The first kappa shape index (κ1) is 66.3. The first-order valence-electron chi connectivity index (χ1n) is 28.0. The number of rotatable bonds is 39. The summed E-state index contributed by atoms with van der Waals surface area (Å²) in [6.45, 7) is 15.7.